The summed E-state index contributed by atoms with van der Waals surface area (Å²) in [4.78, 5) is 13.0. The number of halogens is 1. The summed E-state index contributed by atoms with van der Waals surface area (Å²) < 4.78 is 25.1. The van der Waals surface area contributed by atoms with Gasteiger partial charge in [0.05, 0.1) is 17.9 Å². The minimum absolute atomic E-state index is 0.0542. The molecule has 26 heavy (non-hydrogen) atoms. The smallest absolute Gasteiger partial charge is 0.274 e. The molecular weight excluding hydrogens is 442 g/mol. The summed E-state index contributed by atoms with van der Waals surface area (Å²) in [5.41, 5.74) is 1.57. The molecule has 3 aromatic rings. The summed E-state index contributed by atoms with van der Waals surface area (Å²) in [5, 5.41) is 15.8. The number of amides is 1. The molecule has 0 spiro atoms. The van der Waals surface area contributed by atoms with E-state index in [1.165, 1.54) is 6.07 Å². The molecule has 0 unspecified atom stereocenters. The minimum atomic E-state index is -3.73. The predicted octanol–water partition coefficient (Wildman–Crippen LogP) is 1.98. The molecule has 8 nitrogen and oxygen atoms in total. The van der Waals surface area contributed by atoms with Gasteiger partial charge in [-0.2, -0.15) is 0 Å². The van der Waals surface area contributed by atoms with Gasteiger partial charge in [-0.3, -0.25) is 4.79 Å². The van der Waals surface area contributed by atoms with Gasteiger partial charge >= 0.3 is 0 Å². The number of hydrogen-bond donors (Lipinski definition) is 2. The van der Waals surface area contributed by atoms with Gasteiger partial charge in [0.25, 0.3) is 5.91 Å². The van der Waals surface area contributed by atoms with Crippen LogP contribution < -0.4 is 10.5 Å². The Morgan fingerprint density at radius 3 is 2.77 bits per heavy atom. The van der Waals surface area contributed by atoms with Crippen molar-refractivity contribution >= 4 is 43.2 Å². The summed E-state index contributed by atoms with van der Waals surface area (Å²) in [6.45, 7) is 1.92. The minimum Gasteiger partial charge on any atom is -0.346 e. The first kappa shape index (κ1) is 18.7. The first-order chi connectivity index (χ1) is 12.3. The van der Waals surface area contributed by atoms with E-state index in [9.17, 15) is 13.2 Å². The quantitative estimate of drug-likeness (QED) is 0.609. The Labute approximate surface area is 162 Å². The standard InChI is InChI=1S/C15H14BrN5O3S2/c1-9-14(19-20-21(9)11-4-2-3-10(16)7-11)15(22)18-8-12-5-6-13(25-12)26(17,23)24/h2-7H,8H2,1H3,(H,18,22)(H2,17,23,24). The van der Waals surface area contributed by atoms with E-state index in [-0.39, 0.29) is 16.4 Å². The van der Waals surface area contributed by atoms with Crippen molar-refractivity contribution in [2.75, 3.05) is 0 Å². The highest BCUT2D eigenvalue weighted by molar-refractivity contribution is 9.10. The topological polar surface area (TPSA) is 120 Å². The van der Waals surface area contributed by atoms with Crippen LogP contribution in [-0.4, -0.2) is 29.3 Å². The molecule has 1 amide bonds. The van der Waals surface area contributed by atoms with Crippen LogP contribution in [0.25, 0.3) is 5.69 Å². The third-order valence-electron chi connectivity index (χ3n) is 3.50. The molecular formula is C15H14BrN5O3S2. The van der Waals surface area contributed by atoms with Crippen molar-refractivity contribution in [1.29, 1.82) is 0 Å². The second-order valence-electron chi connectivity index (χ2n) is 5.36. The van der Waals surface area contributed by atoms with Crippen molar-refractivity contribution in [3.8, 4) is 5.69 Å². The molecule has 3 N–H and O–H groups in total. The number of primary sulfonamides is 1. The molecule has 136 valence electrons. The molecule has 2 aromatic heterocycles. The molecule has 0 aliphatic rings. The number of nitrogens with two attached hydrogens (primary N) is 1. The van der Waals surface area contributed by atoms with Crippen molar-refractivity contribution < 1.29 is 13.2 Å². The average Bonchev–Trinajstić information content (AvgIpc) is 3.19. The van der Waals surface area contributed by atoms with E-state index in [2.05, 4.69) is 31.6 Å². The lowest BCUT2D eigenvalue weighted by atomic mass is 10.3. The Bertz CT molecular complexity index is 1070. The first-order valence-corrected chi connectivity index (χ1v) is 10.5. The van der Waals surface area contributed by atoms with Gasteiger partial charge in [-0.15, -0.1) is 16.4 Å². The number of carbonyl (C=O) groups is 1. The van der Waals surface area contributed by atoms with Gasteiger partial charge < -0.3 is 5.32 Å². The number of carbonyl (C=O) groups excluding carboxylic acids is 1. The molecule has 2 heterocycles. The van der Waals surface area contributed by atoms with Crippen LogP contribution in [-0.2, 0) is 16.6 Å². The molecule has 0 atom stereocenters. The highest BCUT2D eigenvalue weighted by atomic mass is 79.9. The molecule has 0 bridgehead atoms. The zero-order chi connectivity index (χ0) is 18.9. The Hall–Kier alpha value is -2.08. The molecule has 0 saturated carbocycles. The van der Waals surface area contributed by atoms with Crippen LogP contribution in [0.1, 0.15) is 21.1 Å². The summed E-state index contributed by atoms with van der Waals surface area (Å²) in [6, 6.07) is 10.5. The monoisotopic (exact) mass is 455 g/mol. The Morgan fingerprint density at radius 1 is 1.35 bits per heavy atom. The van der Waals surface area contributed by atoms with Crippen LogP contribution in [0.15, 0.2) is 45.1 Å². The second kappa shape index (κ2) is 7.27. The normalized spacial score (nSPS) is 11.5. The van der Waals surface area contributed by atoms with Crippen LogP contribution in [0.2, 0.25) is 0 Å². The number of aromatic nitrogens is 3. The lowest BCUT2D eigenvalue weighted by Gasteiger charge is -2.05. The van der Waals surface area contributed by atoms with Gasteiger partial charge in [-0.05, 0) is 37.3 Å². The summed E-state index contributed by atoms with van der Waals surface area (Å²) >= 11 is 4.41. The maximum atomic E-state index is 12.4. The van der Waals surface area contributed by atoms with E-state index in [0.717, 1.165) is 21.5 Å². The Kier molecular flexibility index (Phi) is 5.23. The number of hydrogen-bond acceptors (Lipinski definition) is 6. The summed E-state index contributed by atoms with van der Waals surface area (Å²) in [7, 11) is -3.73. The number of benzene rings is 1. The third kappa shape index (κ3) is 4.01. The van der Waals surface area contributed by atoms with E-state index in [4.69, 9.17) is 5.14 Å². The summed E-state index contributed by atoms with van der Waals surface area (Å²) in [6.07, 6.45) is 0. The lowest BCUT2D eigenvalue weighted by molar-refractivity contribution is 0.0945. The number of thiophene rings is 1. The predicted molar refractivity (Wildman–Crippen MR) is 101 cm³/mol. The largest absolute Gasteiger partial charge is 0.346 e. The maximum absolute atomic E-state index is 12.4. The van der Waals surface area contributed by atoms with Crippen molar-refractivity contribution in [2.24, 2.45) is 5.14 Å². The number of nitrogens with zero attached hydrogens (tertiary/aromatic N) is 3. The van der Waals surface area contributed by atoms with Gasteiger partial charge in [-0.25, -0.2) is 18.2 Å². The van der Waals surface area contributed by atoms with E-state index in [0.29, 0.717) is 10.6 Å². The van der Waals surface area contributed by atoms with Crippen LogP contribution >= 0.6 is 27.3 Å². The number of sulfonamides is 1. The SMILES string of the molecule is Cc1c(C(=O)NCc2ccc(S(N)(=O)=O)s2)nnn1-c1cccc(Br)c1. The fraction of sp³-hybridized carbons (Fsp3) is 0.133. The van der Waals surface area contributed by atoms with E-state index in [1.807, 2.05) is 24.3 Å². The van der Waals surface area contributed by atoms with Crippen LogP contribution in [0.3, 0.4) is 0 Å². The van der Waals surface area contributed by atoms with Crippen molar-refractivity contribution in [3.05, 3.63) is 57.1 Å². The molecule has 0 saturated heterocycles. The van der Waals surface area contributed by atoms with Gasteiger partial charge in [0.2, 0.25) is 10.0 Å². The molecule has 0 aliphatic heterocycles. The van der Waals surface area contributed by atoms with Crippen LogP contribution in [0, 0.1) is 6.92 Å². The molecule has 0 aliphatic carbocycles. The lowest BCUT2D eigenvalue weighted by Crippen LogP contribution is -2.23. The van der Waals surface area contributed by atoms with Gasteiger partial charge in [-0.1, -0.05) is 27.2 Å². The van der Waals surface area contributed by atoms with Gasteiger partial charge in [0, 0.05) is 9.35 Å². The fourth-order valence-corrected chi connectivity index (χ4v) is 4.35. The van der Waals surface area contributed by atoms with Crippen molar-refractivity contribution in [3.63, 3.8) is 0 Å². The number of nitrogens with one attached hydrogen (secondary N) is 1. The zero-order valence-electron chi connectivity index (χ0n) is 13.5. The second-order valence-corrected chi connectivity index (χ2v) is 9.24. The summed E-state index contributed by atoms with van der Waals surface area (Å²) in [5.74, 6) is -0.394. The van der Waals surface area contributed by atoms with Gasteiger partial charge in [0.1, 0.15) is 4.21 Å². The van der Waals surface area contributed by atoms with E-state index >= 15 is 0 Å². The number of rotatable bonds is 5. The fourth-order valence-electron chi connectivity index (χ4n) is 2.25. The molecule has 11 heteroatoms. The van der Waals surface area contributed by atoms with Crippen molar-refractivity contribution in [2.45, 2.75) is 17.7 Å². The van der Waals surface area contributed by atoms with Crippen molar-refractivity contribution in [1.82, 2.24) is 20.3 Å². The van der Waals surface area contributed by atoms with Crippen LogP contribution in [0.4, 0.5) is 0 Å². The highest BCUT2D eigenvalue weighted by Crippen LogP contribution is 2.20. The zero-order valence-corrected chi connectivity index (χ0v) is 16.7. The maximum Gasteiger partial charge on any atom is 0.274 e. The van der Waals surface area contributed by atoms with E-state index in [1.54, 1.807) is 17.7 Å². The highest BCUT2D eigenvalue weighted by Gasteiger charge is 2.18. The molecule has 3 rings (SSSR count). The van der Waals surface area contributed by atoms with Crippen LogP contribution in [0.5, 0.6) is 0 Å². The third-order valence-corrected chi connectivity index (χ3v) is 6.52. The first-order valence-electron chi connectivity index (χ1n) is 7.33. The molecule has 1 aromatic carbocycles. The Balaban J connectivity index is 1.74. The molecule has 0 fully saturated rings. The van der Waals surface area contributed by atoms with Gasteiger partial charge in [0.15, 0.2) is 5.69 Å². The average molecular weight is 456 g/mol. The molecule has 0 radical (unpaired) electrons. The Morgan fingerprint density at radius 2 is 2.12 bits per heavy atom. The van der Waals surface area contributed by atoms with E-state index < -0.39 is 15.9 Å².